The largest absolute Gasteiger partial charge is 0.352 e. The Balaban J connectivity index is 1.68. The Labute approximate surface area is 252 Å². The molecule has 3 aromatic rings. The Kier molecular flexibility index (Phi) is 10.7. The van der Waals surface area contributed by atoms with Crippen LogP contribution in [0.15, 0.2) is 83.8 Å². The minimum atomic E-state index is -4.14. The van der Waals surface area contributed by atoms with E-state index < -0.39 is 28.5 Å². The van der Waals surface area contributed by atoms with Gasteiger partial charge < -0.3 is 10.2 Å². The van der Waals surface area contributed by atoms with Crippen LogP contribution < -0.4 is 9.62 Å². The van der Waals surface area contributed by atoms with E-state index in [9.17, 15) is 18.0 Å². The summed E-state index contributed by atoms with van der Waals surface area (Å²) >= 11 is 12.1. The molecule has 41 heavy (non-hydrogen) atoms. The molecule has 0 radical (unpaired) electrons. The Morgan fingerprint density at radius 2 is 1.46 bits per heavy atom. The molecule has 0 aliphatic heterocycles. The summed E-state index contributed by atoms with van der Waals surface area (Å²) in [5, 5.41) is 4.10. The van der Waals surface area contributed by atoms with Crippen LogP contribution in [0.4, 0.5) is 5.69 Å². The second-order valence-electron chi connectivity index (χ2n) is 10.2. The number of para-hydroxylation sites is 1. The van der Waals surface area contributed by atoms with Crippen LogP contribution in [0, 0.1) is 0 Å². The van der Waals surface area contributed by atoms with E-state index in [0.717, 1.165) is 42.0 Å². The van der Waals surface area contributed by atoms with Gasteiger partial charge in [-0.1, -0.05) is 79.7 Å². The summed E-state index contributed by atoms with van der Waals surface area (Å²) < 4.78 is 28.8. The third-order valence-electron chi connectivity index (χ3n) is 7.33. The molecular weight excluding hydrogens is 581 g/mol. The minimum Gasteiger partial charge on any atom is -0.352 e. The molecule has 218 valence electrons. The van der Waals surface area contributed by atoms with Crippen molar-refractivity contribution in [2.24, 2.45) is 0 Å². The van der Waals surface area contributed by atoms with Crippen LogP contribution in [0.2, 0.25) is 10.0 Å². The molecule has 0 aromatic heterocycles. The fourth-order valence-electron chi connectivity index (χ4n) is 5.11. The Hall–Kier alpha value is -3.07. The SMILES string of the molecule is CC[C@H](C(=O)NC1CCCCC1)N(Cc1ccc(Cl)cc1)C(=O)CN(c1ccccc1)S(=O)(=O)c1ccc(Cl)cc1. The topological polar surface area (TPSA) is 86.8 Å². The normalized spacial score (nSPS) is 14.7. The molecule has 1 saturated carbocycles. The lowest BCUT2D eigenvalue weighted by Gasteiger charge is -2.34. The second kappa shape index (κ2) is 14.2. The standard InChI is InChI=1S/C31H35Cl2N3O4S/c1-2-29(31(38)34-26-9-5-3-6-10-26)35(21-23-13-15-24(32)16-14-23)30(37)22-36(27-11-7-4-8-12-27)41(39,40)28-19-17-25(33)18-20-28/h4,7-8,11-20,26,29H,2-3,5-6,9-10,21-22H2,1H3,(H,34,38)/t29-/m1/s1. The van der Waals surface area contributed by atoms with Crippen molar-refractivity contribution >= 4 is 50.7 Å². The maximum absolute atomic E-state index is 14.1. The van der Waals surface area contributed by atoms with Gasteiger partial charge in [0.05, 0.1) is 10.6 Å². The molecule has 4 rings (SSSR count). The van der Waals surface area contributed by atoms with Gasteiger partial charge in [0.15, 0.2) is 0 Å². The molecule has 0 spiro atoms. The number of anilines is 1. The van der Waals surface area contributed by atoms with Crippen molar-refractivity contribution in [2.45, 2.75) is 69.0 Å². The zero-order chi connectivity index (χ0) is 29.4. The molecule has 1 aliphatic rings. The lowest BCUT2D eigenvalue weighted by molar-refractivity contribution is -0.140. The molecule has 7 nitrogen and oxygen atoms in total. The van der Waals surface area contributed by atoms with E-state index >= 15 is 0 Å². The molecule has 0 saturated heterocycles. The number of hydrogen-bond acceptors (Lipinski definition) is 4. The highest BCUT2D eigenvalue weighted by atomic mass is 35.5. The van der Waals surface area contributed by atoms with Crippen molar-refractivity contribution in [2.75, 3.05) is 10.8 Å². The van der Waals surface area contributed by atoms with Gasteiger partial charge in [-0.3, -0.25) is 13.9 Å². The first-order valence-corrected chi connectivity index (χ1v) is 16.1. The molecular formula is C31H35Cl2N3O4S. The molecule has 0 bridgehead atoms. The van der Waals surface area contributed by atoms with Crippen molar-refractivity contribution in [1.82, 2.24) is 10.2 Å². The molecule has 0 unspecified atom stereocenters. The molecule has 1 N–H and O–H groups in total. The first-order chi connectivity index (χ1) is 19.7. The fourth-order valence-corrected chi connectivity index (χ4v) is 6.77. The van der Waals surface area contributed by atoms with Gasteiger partial charge in [-0.2, -0.15) is 0 Å². The highest BCUT2D eigenvalue weighted by Gasteiger charge is 2.34. The number of amides is 2. The number of carbonyl (C=O) groups excluding carboxylic acids is 2. The second-order valence-corrected chi connectivity index (χ2v) is 13.0. The average molecular weight is 617 g/mol. The van der Waals surface area contributed by atoms with Gasteiger partial charge in [0.2, 0.25) is 11.8 Å². The number of nitrogens with zero attached hydrogens (tertiary/aromatic N) is 2. The van der Waals surface area contributed by atoms with Crippen LogP contribution in [0.1, 0.15) is 51.0 Å². The van der Waals surface area contributed by atoms with Crippen LogP contribution >= 0.6 is 23.2 Å². The number of hydrogen-bond donors (Lipinski definition) is 1. The minimum absolute atomic E-state index is 0.00453. The molecule has 3 aromatic carbocycles. The molecule has 2 amide bonds. The fraction of sp³-hybridized carbons (Fsp3) is 0.355. The van der Waals surface area contributed by atoms with Crippen LogP contribution in [0.3, 0.4) is 0 Å². The lowest BCUT2D eigenvalue weighted by atomic mass is 9.95. The monoisotopic (exact) mass is 615 g/mol. The number of halogens is 2. The zero-order valence-corrected chi connectivity index (χ0v) is 25.3. The van der Waals surface area contributed by atoms with Crippen molar-refractivity contribution in [3.63, 3.8) is 0 Å². The van der Waals surface area contributed by atoms with Crippen LogP contribution in [0.25, 0.3) is 0 Å². The smallest absolute Gasteiger partial charge is 0.264 e. The Bertz CT molecular complexity index is 1410. The van der Waals surface area contributed by atoms with Crippen molar-refractivity contribution in [3.8, 4) is 0 Å². The van der Waals surface area contributed by atoms with Crippen LogP contribution in [0.5, 0.6) is 0 Å². The lowest BCUT2D eigenvalue weighted by Crippen LogP contribution is -2.54. The Morgan fingerprint density at radius 3 is 2.05 bits per heavy atom. The number of benzene rings is 3. The number of sulfonamides is 1. The number of carbonyl (C=O) groups is 2. The molecule has 1 atom stereocenters. The van der Waals surface area contributed by atoms with Crippen LogP contribution in [-0.4, -0.2) is 43.8 Å². The summed E-state index contributed by atoms with van der Waals surface area (Å²) in [6.45, 7) is 1.48. The third kappa shape index (κ3) is 8.03. The van der Waals surface area contributed by atoms with Gasteiger partial charge in [-0.15, -0.1) is 0 Å². The van der Waals surface area contributed by atoms with Gasteiger partial charge in [0.1, 0.15) is 12.6 Å². The van der Waals surface area contributed by atoms with E-state index in [1.165, 1.54) is 29.2 Å². The van der Waals surface area contributed by atoms with E-state index in [2.05, 4.69) is 5.32 Å². The van der Waals surface area contributed by atoms with Crippen molar-refractivity contribution in [3.05, 3.63) is 94.5 Å². The van der Waals surface area contributed by atoms with E-state index in [1.807, 2.05) is 6.92 Å². The summed E-state index contributed by atoms with van der Waals surface area (Å²) in [6, 6.07) is 20.6. The number of nitrogens with one attached hydrogen (secondary N) is 1. The quantitative estimate of drug-likeness (QED) is 0.269. The summed E-state index contributed by atoms with van der Waals surface area (Å²) in [5.41, 5.74) is 1.11. The third-order valence-corrected chi connectivity index (χ3v) is 9.62. The predicted molar refractivity (Wildman–Crippen MR) is 164 cm³/mol. The molecule has 1 fully saturated rings. The van der Waals surface area contributed by atoms with Crippen LogP contribution in [-0.2, 0) is 26.2 Å². The molecule has 10 heteroatoms. The summed E-state index contributed by atoms with van der Waals surface area (Å²) in [4.78, 5) is 29.2. The van der Waals surface area contributed by atoms with Gasteiger partial charge >= 0.3 is 0 Å². The van der Waals surface area contributed by atoms with Crippen molar-refractivity contribution in [1.29, 1.82) is 0 Å². The predicted octanol–water partition coefficient (Wildman–Crippen LogP) is 6.45. The first kappa shape index (κ1) is 30.9. The van der Waals surface area contributed by atoms with Crippen molar-refractivity contribution < 1.29 is 18.0 Å². The summed E-state index contributed by atoms with van der Waals surface area (Å²) in [7, 11) is -4.14. The van der Waals surface area contributed by atoms with Gasteiger partial charge in [0, 0.05) is 22.6 Å². The highest BCUT2D eigenvalue weighted by molar-refractivity contribution is 7.92. The summed E-state index contributed by atoms with van der Waals surface area (Å²) in [6.07, 6.45) is 5.46. The number of rotatable bonds is 11. The average Bonchev–Trinajstić information content (AvgIpc) is 2.98. The maximum Gasteiger partial charge on any atom is 0.264 e. The zero-order valence-electron chi connectivity index (χ0n) is 23.0. The van der Waals surface area contributed by atoms with Gasteiger partial charge in [0.25, 0.3) is 10.0 Å². The molecule has 1 aliphatic carbocycles. The Morgan fingerprint density at radius 1 is 0.878 bits per heavy atom. The van der Waals surface area contributed by atoms with E-state index in [1.54, 1.807) is 54.6 Å². The van der Waals surface area contributed by atoms with Gasteiger partial charge in [-0.25, -0.2) is 8.42 Å². The first-order valence-electron chi connectivity index (χ1n) is 13.9. The van der Waals surface area contributed by atoms with E-state index in [-0.39, 0.29) is 23.4 Å². The maximum atomic E-state index is 14.1. The van der Waals surface area contributed by atoms with Gasteiger partial charge in [-0.05, 0) is 73.4 Å². The van der Waals surface area contributed by atoms with E-state index in [4.69, 9.17) is 23.2 Å². The molecule has 0 heterocycles. The summed E-state index contributed by atoms with van der Waals surface area (Å²) in [5.74, 6) is -0.722. The van der Waals surface area contributed by atoms with E-state index in [0.29, 0.717) is 22.2 Å². The highest BCUT2D eigenvalue weighted by Crippen LogP contribution is 2.26.